The number of carbonyl (C=O) groups excluding carboxylic acids is 1. The first-order chi connectivity index (χ1) is 8.78. The fraction of sp³-hybridized carbons (Fsp3) is 0.400. The molecule has 0 amide bonds. The number of nitrogens with zero attached hydrogens (tertiary/aromatic N) is 1. The quantitative estimate of drug-likeness (QED) is 0.584. The van der Waals surface area contributed by atoms with Crippen molar-refractivity contribution in [1.82, 2.24) is 4.98 Å². The Kier molecular flexibility index (Phi) is 5.20. The Morgan fingerprint density at radius 2 is 2.11 bits per heavy atom. The van der Waals surface area contributed by atoms with Crippen molar-refractivity contribution >= 4 is 28.6 Å². The minimum Gasteiger partial charge on any atom is -0.493 e. The summed E-state index contributed by atoms with van der Waals surface area (Å²) in [4.78, 5) is 15.1. The summed E-state index contributed by atoms with van der Waals surface area (Å²) < 4.78 is 49.9. The first kappa shape index (κ1) is 15.8. The molecule has 1 rings (SSSR count). The molecular weight excluding hydrogens is 382 g/mol. The minimum atomic E-state index is -4.89. The van der Waals surface area contributed by atoms with E-state index in [0.29, 0.717) is 0 Å². The van der Waals surface area contributed by atoms with Gasteiger partial charge in [-0.15, -0.1) is 13.2 Å². The molecule has 0 atom stereocenters. The van der Waals surface area contributed by atoms with E-state index < -0.39 is 18.2 Å². The standard InChI is InChI=1S/C10H9F3INO4/c1-3-18-9(16)7-8(17-2)5(14)4-6(15-7)19-10(11,12)13/h4H,3H2,1-2H3. The van der Waals surface area contributed by atoms with Gasteiger partial charge in [0.2, 0.25) is 5.88 Å². The Balaban J connectivity index is 3.22. The van der Waals surface area contributed by atoms with Gasteiger partial charge in [-0.1, -0.05) is 0 Å². The lowest BCUT2D eigenvalue weighted by molar-refractivity contribution is -0.276. The Labute approximate surface area is 120 Å². The summed E-state index contributed by atoms with van der Waals surface area (Å²) in [5.41, 5.74) is -0.365. The van der Waals surface area contributed by atoms with Crippen molar-refractivity contribution < 1.29 is 32.2 Å². The maximum Gasteiger partial charge on any atom is 0.574 e. The third-order valence-electron chi connectivity index (χ3n) is 1.80. The second-order valence-corrected chi connectivity index (χ2v) is 4.25. The highest BCUT2D eigenvalue weighted by atomic mass is 127. The van der Waals surface area contributed by atoms with Crippen LogP contribution in [0, 0.1) is 3.57 Å². The molecule has 0 bridgehead atoms. The zero-order valence-corrected chi connectivity index (χ0v) is 12.0. The monoisotopic (exact) mass is 391 g/mol. The van der Waals surface area contributed by atoms with Crippen molar-refractivity contribution in [1.29, 1.82) is 0 Å². The average molecular weight is 391 g/mol. The van der Waals surface area contributed by atoms with Crippen LogP contribution in [0.2, 0.25) is 0 Å². The van der Waals surface area contributed by atoms with E-state index in [1.165, 1.54) is 7.11 Å². The van der Waals surface area contributed by atoms with E-state index in [9.17, 15) is 18.0 Å². The van der Waals surface area contributed by atoms with Gasteiger partial charge in [0.05, 0.1) is 17.3 Å². The van der Waals surface area contributed by atoms with Gasteiger partial charge in [0.25, 0.3) is 0 Å². The van der Waals surface area contributed by atoms with Crippen molar-refractivity contribution in [2.45, 2.75) is 13.3 Å². The second kappa shape index (κ2) is 6.26. The summed E-state index contributed by atoms with van der Waals surface area (Å²) in [7, 11) is 1.27. The highest BCUT2D eigenvalue weighted by molar-refractivity contribution is 14.1. The molecule has 0 aliphatic carbocycles. The van der Waals surface area contributed by atoms with E-state index in [1.807, 2.05) is 0 Å². The number of pyridine rings is 1. The molecule has 0 radical (unpaired) electrons. The SMILES string of the molecule is CCOC(=O)c1nc(OC(F)(F)F)cc(I)c1OC. The van der Waals surface area contributed by atoms with Crippen LogP contribution in [0.4, 0.5) is 13.2 Å². The summed E-state index contributed by atoms with van der Waals surface area (Å²) in [6.07, 6.45) is -4.89. The van der Waals surface area contributed by atoms with Gasteiger partial charge in [0.15, 0.2) is 11.4 Å². The number of hydrogen-bond acceptors (Lipinski definition) is 5. The van der Waals surface area contributed by atoms with Crippen LogP contribution in [0.3, 0.4) is 0 Å². The maximum absolute atomic E-state index is 12.1. The Hall–Kier alpha value is -1.26. The lowest BCUT2D eigenvalue weighted by Crippen LogP contribution is -2.19. The molecule has 0 aliphatic rings. The number of methoxy groups -OCH3 is 1. The summed E-state index contributed by atoms with van der Waals surface area (Å²) >= 11 is 1.70. The van der Waals surface area contributed by atoms with Gasteiger partial charge in [-0.3, -0.25) is 0 Å². The molecule has 0 fully saturated rings. The van der Waals surface area contributed by atoms with Crippen molar-refractivity contribution in [3.63, 3.8) is 0 Å². The number of rotatable bonds is 4. The van der Waals surface area contributed by atoms with Gasteiger partial charge in [-0.25, -0.2) is 9.78 Å². The Morgan fingerprint density at radius 3 is 2.58 bits per heavy atom. The zero-order valence-electron chi connectivity index (χ0n) is 9.88. The predicted molar refractivity (Wildman–Crippen MR) is 66.1 cm³/mol. The third kappa shape index (κ3) is 4.40. The maximum atomic E-state index is 12.1. The van der Waals surface area contributed by atoms with Crippen molar-refractivity contribution in [2.75, 3.05) is 13.7 Å². The topological polar surface area (TPSA) is 57.7 Å². The van der Waals surface area contributed by atoms with Crippen LogP contribution in [-0.2, 0) is 4.74 Å². The van der Waals surface area contributed by atoms with Crippen LogP contribution >= 0.6 is 22.6 Å². The molecule has 0 aromatic carbocycles. The highest BCUT2D eigenvalue weighted by Gasteiger charge is 2.33. The van der Waals surface area contributed by atoms with E-state index in [1.54, 1.807) is 29.5 Å². The normalized spacial score (nSPS) is 11.1. The number of aromatic nitrogens is 1. The Morgan fingerprint density at radius 1 is 1.47 bits per heavy atom. The fourth-order valence-corrected chi connectivity index (χ4v) is 1.93. The number of esters is 1. The number of ether oxygens (including phenoxy) is 3. The molecule has 0 saturated heterocycles. The molecule has 1 heterocycles. The molecule has 0 aliphatic heterocycles. The summed E-state index contributed by atoms with van der Waals surface area (Å²) in [6, 6.07) is 1.01. The number of alkyl halides is 3. The first-order valence-corrected chi connectivity index (χ1v) is 6.03. The number of hydrogen-bond donors (Lipinski definition) is 0. The molecule has 5 nitrogen and oxygen atoms in total. The molecule has 19 heavy (non-hydrogen) atoms. The van der Waals surface area contributed by atoms with E-state index in [0.717, 1.165) is 6.07 Å². The van der Waals surface area contributed by atoms with Crippen LogP contribution in [0.15, 0.2) is 6.07 Å². The van der Waals surface area contributed by atoms with Crippen molar-refractivity contribution in [3.05, 3.63) is 15.3 Å². The zero-order chi connectivity index (χ0) is 14.6. The number of carbonyl (C=O) groups is 1. The third-order valence-corrected chi connectivity index (χ3v) is 2.60. The van der Waals surface area contributed by atoms with Gasteiger partial charge in [-0.05, 0) is 29.5 Å². The molecule has 106 valence electrons. The predicted octanol–water partition coefficient (Wildman–Crippen LogP) is 2.77. The average Bonchev–Trinajstić information content (AvgIpc) is 2.26. The minimum absolute atomic E-state index is 0.0357. The van der Waals surface area contributed by atoms with E-state index >= 15 is 0 Å². The van der Waals surface area contributed by atoms with Crippen LogP contribution < -0.4 is 9.47 Å². The summed E-state index contributed by atoms with van der Waals surface area (Å²) in [6.45, 7) is 1.62. The Bertz CT molecular complexity index is 479. The highest BCUT2D eigenvalue weighted by Crippen LogP contribution is 2.30. The smallest absolute Gasteiger partial charge is 0.493 e. The van der Waals surface area contributed by atoms with Crippen LogP contribution in [-0.4, -0.2) is 31.0 Å². The van der Waals surface area contributed by atoms with Crippen LogP contribution in [0.5, 0.6) is 11.6 Å². The molecule has 0 saturated carbocycles. The van der Waals surface area contributed by atoms with E-state index in [2.05, 4.69) is 14.5 Å². The lowest BCUT2D eigenvalue weighted by Gasteiger charge is -2.12. The van der Waals surface area contributed by atoms with E-state index in [-0.39, 0.29) is 21.6 Å². The first-order valence-electron chi connectivity index (χ1n) is 4.96. The molecule has 1 aromatic rings. The van der Waals surface area contributed by atoms with Gasteiger partial charge in [-0.2, -0.15) is 0 Å². The van der Waals surface area contributed by atoms with Crippen molar-refractivity contribution in [3.8, 4) is 11.6 Å². The molecule has 0 unspecified atom stereocenters. The van der Waals surface area contributed by atoms with E-state index in [4.69, 9.17) is 4.74 Å². The number of halogens is 4. The van der Waals surface area contributed by atoms with Gasteiger partial charge < -0.3 is 14.2 Å². The molecule has 1 aromatic heterocycles. The van der Waals surface area contributed by atoms with Gasteiger partial charge >= 0.3 is 12.3 Å². The summed E-state index contributed by atoms with van der Waals surface area (Å²) in [5.74, 6) is -1.60. The van der Waals surface area contributed by atoms with Gasteiger partial charge in [0, 0.05) is 6.07 Å². The second-order valence-electron chi connectivity index (χ2n) is 3.09. The van der Waals surface area contributed by atoms with Crippen molar-refractivity contribution in [2.24, 2.45) is 0 Å². The molecule has 0 spiro atoms. The van der Waals surface area contributed by atoms with Crippen LogP contribution in [0.25, 0.3) is 0 Å². The molecule has 0 N–H and O–H groups in total. The van der Waals surface area contributed by atoms with Gasteiger partial charge in [0.1, 0.15) is 0 Å². The van der Waals surface area contributed by atoms with Crippen LogP contribution in [0.1, 0.15) is 17.4 Å². The fourth-order valence-electron chi connectivity index (χ4n) is 1.18. The largest absolute Gasteiger partial charge is 0.574 e. The lowest BCUT2D eigenvalue weighted by atomic mass is 10.3. The molecule has 9 heteroatoms. The molecular formula is C10H9F3INO4. The summed E-state index contributed by atoms with van der Waals surface area (Å²) in [5, 5.41) is 0.